The second-order valence-electron chi connectivity index (χ2n) is 3.18. The number of hydrogen-bond donors (Lipinski definition) is 0. The summed E-state index contributed by atoms with van der Waals surface area (Å²) in [5, 5.41) is 10.8. The first-order valence-corrected chi connectivity index (χ1v) is 4.55. The van der Waals surface area contributed by atoms with E-state index < -0.39 is 10.9 Å². The van der Waals surface area contributed by atoms with Gasteiger partial charge in [-0.15, -0.1) is 0 Å². The van der Waals surface area contributed by atoms with Crippen LogP contribution in [0, 0.1) is 17.0 Å². The molecule has 0 aliphatic carbocycles. The fourth-order valence-corrected chi connectivity index (χ4v) is 1.14. The summed E-state index contributed by atoms with van der Waals surface area (Å²) in [6.45, 7) is 1.87. The van der Waals surface area contributed by atoms with Crippen molar-refractivity contribution in [2.45, 2.75) is 6.92 Å². The van der Waals surface area contributed by atoms with Crippen molar-refractivity contribution in [3.8, 4) is 0 Å². The van der Waals surface area contributed by atoms with E-state index in [0.29, 0.717) is 5.56 Å². The Balaban J connectivity index is 3.13. The molecule has 1 aromatic rings. The van der Waals surface area contributed by atoms with Gasteiger partial charge in [0.25, 0.3) is 5.70 Å². The Labute approximate surface area is 92.5 Å². The Hall–Kier alpha value is -2.17. The molecule has 0 spiro atoms. The highest BCUT2D eigenvalue weighted by molar-refractivity contribution is 5.89. The average Bonchev–Trinajstić information content (AvgIpc) is 2.26. The van der Waals surface area contributed by atoms with E-state index in [-0.39, 0.29) is 5.70 Å². The number of esters is 1. The number of nitrogens with zero attached hydrogens (tertiary/aromatic N) is 1. The standard InChI is InChI=1S/C11H11NO4/c1-8-3-5-9(6-4-8)10(12(14)15)7-11(13)16-2/h3-7H,1-2H3/b10-7-. The summed E-state index contributed by atoms with van der Waals surface area (Å²) < 4.78 is 4.36. The maximum Gasteiger partial charge on any atom is 0.337 e. The summed E-state index contributed by atoms with van der Waals surface area (Å²) in [5.74, 6) is -0.743. The van der Waals surface area contributed by atoms with Crippen molar-refractivity contribution in [2.24, 2.45) is 0 Å². The summed E-state index contributed by atoms with van der Waals surface area (Å²) in [6.07, 6.45) is 0.866. The third-order valence-electron chi connectivity index (χ3n) is 2.00. The van der Waals surface area contributed by atoms with Crippen molar-refractivity contribution < 1.29 is 14.5 Å². The van der Waals surface area contributed by atoms with Crippen molar-refractivity contribution in [3.63, 3.8) is 0 Å². The Morgan fingerprint density at radius 2 is 1.94 bits per heavy atom. The molecule has 1 aromatic carbocycles. The van der Waals surface area contributed by atoms with E-state index in [0.717, 1.165) is 11.6 Å². The molecule has 0 saturated heterocycles. The molecule has 0 amide bonds. The minimum absolute atomic E-state index is 0.271. The van der Waals surface area contributed by atoms with Crippen LogP contribution < -0.4 is 0 Å². The molecule has 0 N–H and O–H groups in total. The molecule has 0 aliphatic heterocycles. The molecule has 0 unspecified atom stereocenters. The summed E-state index contributed by atoms with van der Waals surface area (Å²) >= 11 is 0. The van der Waals surface area contributed by atoms with Gasteiger partial charge in [0.1, 0.15) is 6.08 Å². The number of hydrogen-bond acceptors (Lipinski definition) is 4. The molecule has 5 heteroatoms. The molecule has 0 saturated carbocycles. The number of aryl methyl sites for hydroxylation is 1. The molecule has 0 fully saturated rings. The lowest BCUT2D eigenvalue weighted by molar-refractivity contribution is -0.375. The minimum Gasteiger partial charge on any atom is -0.466 e. The van der Waals surface area contributed by atoms with Crippen LogP contribution in [0.15, 0.2) is 30.3 Å². The maximum absolute atomic E-state index is 11.0. The Kier molecular flexibility index (Phi) is 3.77. The van der Waals surface area contributed by atoms with E-state index in [1.807, 2.05) is 6.92 Å². The molecular formula is C11H11NO4. The van der Waals surface area contributed by atoms with Crippen molar-refractivity contribution in [1.29, 1.82) is 0 Å². The zero-order chi connectivity index (χ0) is 12.1. The van der Waals surface area contributed by atoms with E-state index >= 15 is 0 Å². The first kappa shape index (κ1) is 11.9. The SMILES string of the molecule is COC(=O)/C=C(/c1ccc(C)cc1)[N+](=O)[O-]. The molecule has 0 aromatic heterocycles. The van der Waals surface area contributed by atoms with Gasteiger partial charge in [-0.1, -0.05) is 17.7 Å². The Morgan fingerprint density at radius 3 is 2.38 bits per heavy atom. The van der Waals surface area contributed by atoms with Gasteiger partial charge in [-0.25, -0.2) is 4.79 Å². The molecule has 5 nitrogen and oxygen atoms in total. The molecule has 0 atom stereocenters. The Morgan fingerprint density at radius 1 is 1.38 bits per heavy atom. The van der Waals surface area contributed by atoms with Crippen LogP contribution in [0.4, 0.5) is 0 Å². The largest absolute Gasteiger partial charge is 0.466 e. The first-order chi connectivity index (χ1) is 7.54. The third-order valence-corrected chi connectivity index (χ3v) is 2.00. The number of nitro groups is 1. The maximum atomic E-state index is 11.0. The molecular weight excluding hydrogens is 210 g/mol. The lowest BCUT2D eigenvalue weighted by atomic mass is 10.1. The van der Waals surface area contributed by atoms with Crippen LogP contribution in [0.3, 0.4) is 0 Å². The molecule has 0 bridgehead atoms. The highest BCUT2D eigenvalue weighted by Gasteiger charge is 2.16. The Bertz CT molecular complexity index is 434. The fourth-order valence-electron chi connectivity index (χ4n) is 1.14. The zero-order valence-electron chi connectivity index (χ0n) is 8.97. The van der Waals surface area contributed by atoms with Gasteiger partial charge in [-0.3, -0.25) is 10.1 Å². The molecule has 0 aliphatic rings. The zero-order valence-corrected chi connectivity index (χ0v) is 8.97. The van der Waals surface area contributed by atoms with Gasteiger partial charge in [0.15, 0.2) is 0 Å². The van der Waals surface area contributed by atoms with Gasteiger partial charge in [0, 0.05) is 0 Å². The highest BCUT2D eigenvalue weighted by Crippen LogP contribution is 2.15. The van der Waals surface area contributed by atoms with Gasteiger partial charge >= 0.3 is 5.97 Å². The van der Waals surface area contributed by atoms with Gasteiger partial charge in [0.2, 0.25) is 0 Å². The molecule has 0 heterocycles. The minimum atomic E-state index is -0.743. The van der Waals surface area contributed by atoms with Crippen LogP contribution in [0.2, 0.25) is 0 Å². The number of benzene rings is 1. The summed E-state index contributed by atoms with van der Waals surface area (Å²) in [7, 11) is 1.17. The van der Waals surface area contributed by atoms with Crippen LogP contribution in [0.5, 0.6) is 0 Å². The van der Waals surface area contributed by atoms with Crippen molar-refractivity contribution >= 4 is 11.7 Å². The summed E-state index contributed by atoms with van der Waals surface area (Å²) in [6, 6.07) is 6.66. The van der Waals surface area contributed by atoms with Gasteiger partial charge < -0.3 is 4.74 Å². The van der Waals surface area contributed by atoms with E-state index in [2.05, 4.69) is 4.74 Å². The predicted molar refractivity (Wildman–Crippen MR) is 58.2 cm³/mol. The normalized spacial score (nSPS) is 11.0. The second kappa shape index (κ2) is 5.06. The van der Waals surface area contributed by atoms with Crippen LogP contribution in [-0.2, 0) is 9.53 Å². The van der Waals surface area contributed by atoms with Crippen molar-refractivity contribution in [2.75, 3.05) is 7.11 Å². The molecule has 1 rings (SSSR count). The van der Waals surface area contributed by atoms with Crippen LogP contribution >= 0.6 is 0 Å². The quantitative estimate of drug-likeness (QED) is 0.337. The van der Waals surface area contributed by atoms with Gasteiger partial charge in [0.05, 0.1) is 17.6 Å². The smallest absolute Gasteiger partial charge is 0.337 e. The van der Waals surface area contributed by atoms with Crippen LogP contribution in [0.1, 0.15) is 11.1 Å². The highest BCUT2D eigenvalue weighted by atomic mass is 16.6. The number of ether oxygens (including phenoxy) is 1. The van der Waals surface area contributed by atoms with Crippen LogP contribution in [-0.4, -0.2) is 18.0 Å². The fraction of sp³-hybridized carbons (Fsp3) is 0.182. The predicted octanol–water partition coefficient (Wildman–Crippen LogP) is 1.79. The van der Waals surface area contributed by atoms with E-state index in [1.54, 1.807) is 24.3 Å². The van der Waals surface area contributed by atoms with E-state index in [1.165, 1.54) is 7.11 Å². The topological polar surface area (TPSA) is 69.4 Å². The number of carbonyl (C=O) groups is 1. The van der Waals surface area contributed by atoms with E-state index in [9.17, 15) is 14.9 Å². The van der Waals surface area contributed by atoms with Gasteiger partial charge in [-0.2, -0.15) is 0 Å². The first-order valence-electron chi connectivity index (χ1n) is 4.55. The van der Waals surface area contributed by atoms with Crippen molar-refractivity contribution in [1.82, 2.24) is 0 Å². The van der Waals surface area contributed by atoms with Crippen LogP contribution in [0.25, 0.3) is 5.70 Å². The van der Waals surface area contributed by atoms with Gasteiger partial charge in [-0.05, 0) is 19.1 Å². The molecule has 0 radical (unpaired) electrons. The molecule has 84 valence electrons. The number of carbonyl (C=O) groups excluding carboxylic acids is 1. The number of methoxy groups -OCH3 is 1. The summed E-state index contributed by atoms with van der Waals surface area (Å²) in [4.78, 5) is 21.1. The number of rotatable bonds is 3. The van der Waals surface area contributed by atoms with E-state index in [4.69, 9.17) is 0 Å². The lowest BCUT2D eigenvalue weighted by Crippen LogP contribution is -2.03. The van der Waals surface area contributed by atoms with Crippen molar-refractivity contribution in [3.05, 3.63) is 51.6 Å². The average molecular weight is 221 g/mol. The third kappa shape index (κ3) is 2.91. The second-order valence-corrected chi connectivity index (χ2v) is 3.18. The lowest BCUT2D eigenvalue weighted by Gasteiger charge is -1.99. The summed E-state index contributed by atoms with van der Waals surface area (Å²) in [5.41, 5.74) is 1.09. The monoisotopic (exact) mass is 221 g/mol. The molecule has 16 heavy (non-hydrogen) atoms.